The summed E-state index contributed by atoms with van der Waals surface area (Å²) in [5.74, 6) is 0.466. The van der Waals surface area contributed by atoms with Crippen LogP contribution in [0.15, 0.2) is 28.8 Å². The molecule has 1 saturated heterocycles. The summed E-state index contributed by atoms with van der Waals surface area (Å²) < 4.78 is 10.5. The summed E-state index contributed by atoms with van der Waals surface area (Å²) in [7, 11) is 1.67. The lowest BCUT2D eigenvalue weighted by atomic mass is 9.98. The number of benzene rings is 1. The van der Waals surface area contributed by atoms with Gasteiger partial charge in [-0.2, -0.15) is 4.98 Å². The molecule has 138 valence electrons. The van der Waals surface area contributed by atoms with Crippen molar-refractivity contribution in [1.82, 2.24) is 20.4 Å². The molecular weight excluding hydrogens is 360 g/mol. The number of carbonyl (C=O) groups excluding carboxylic acids is 2. The van der Waals surface area contributed by atoms with Crippen molar-refractivity contribution in [3.63, 3.8) is 0 Å². The van der Waals surface area contributed by atoms with Crippen molar-refractivity contribution < 1.29 is 18.8 Å². The van der Waals surface area contributed by atoms with Crippen LogP contribution in [0.3, 0.4) is 0 Å². The Hall–Kier alpha value is -2.45. The van der Waals surface area contributed by atoms with E-state index in [0.717, 1.165) is 0 Å². The number of nitrogens with zero attached hydrogens (tertiary/aromatic N) is 3. The lowest BCUT2D eigenvalue weighted by molar-refractivity contribution is -0.154. The Morgan fingerprint density at radius 2 is 2.19 bits per heavy atom. The summed E-state index contributed by atoms with van der Waals surface area (Å²) in [6, 6.07) is 6.41. The SMILES string of the molecule is Cc1nc(CCN(C)C(=O)C2OCC(=O)NC2c2ccccc2Cl)no1. The van der Waals surface area contributed by atoms with E-state index in [1.807, 2.05) is 0 Å². The van der Waals surface area contributed by atoms with E-state index in [-0.39, 0.29) is 18.4 Å². The second-order valence-electron chi connectivity index (χ2n) is 6.04. The van der Waals surface area contributed by atoms with Gasteiger partial charge in [-0.1, -0.05) is 35.0 Å². The van der Waals surface area contributed by atoms with Gasteiger partial charge in [0.15, 0.2) is 11.9 Å². The molecule has 1 N–H and O–H groups in total. The fourth-order valence-corrected chi connectivity index (χ4v) is 3.03. The van der Waals surface area contributed by atoms with E-state index in [4.69, 9.17) is 20.9 Å². The van der Waals surface area contributed by atoms with Crippen LogP contribution in [0, 0.1) is 6.92 Å². The third-order valence-corrected chi connectivity index (χ3v) is 4.46. The van der Waals surface area contributed by atoms with Crippen LogP contribution in [-0.2, 0) is 20.7 Å². The molecule has 0 saturated carbocycles. The maximum atomic E-state index is 12.9. The Bertz CT molecular complexity index is 810. The maximum Gasteiger partial charge on any atom is 0.253 e. The molecule has 1 aromatic heterocycles. The molecule has 0 spiro atoms. The lowest BCUT2D eigenvalue weighted by Crippen LogP contribution is -2.53. The number of carbonyl (C=O) groups is 2. The molecule has 0 radical (unpaired) electrons. The van der Waals surface area contributed by atoms with E-state index < -0.39 is 12.1 Å². The Morgan fingerprint density at radius 1 is 1.42 bits per heavy atom. The van der Waals surface area contributed by atoms with Gasteiger partial charge < -0.3 is 19.5 Å². The van der Waals surface area contributed by atoms with Gasteiger partial charge in [0.05, 0.1) is 6.04 Å². The van der Waals surface area contributed by atoms with Crippen LogP contribution in [0.2, 0.25) is 5.02 Å². The summed E-state index contributed by atoms with van der Waals surface area (Å²) in [6.07, 6.45) is -0.403. The smallest absolute Gasteiger partial charge is 0.253 e. The number of likely N-dealkylation sites (N-methyl/N-ethyl adjacent to an activating group) is 1. The average molecular weight is 379 g/mol. The van der Waals surface area contributed by atoms with E-state index in [2.05, 4.69) is 15.5 Å². The summed E-state index contributed by atoms with van der Waals surface area (Å²) in [5.41, 5.74) is 0.641. The van der Waals surface area contributed by atoms with E-state index in [9.17, 15) is 9.59 Å². The molecule has 8 nitrogen and oxygen atoms in total. The van der Waals surface area contributed by atoms with Crippen molar-refractivity contribution in [2.75, 3.05) is 20.2 Å². The van der Waals surface area contributed by atoms with E-state index in [0.29, 0.717) is 35.3 Å². The minimum absolute atomic E-state index is 0.171. The highest BCUT2D eigenvalue weighted by atomic mass is 35.5. The van der Waals surface area contributed by atoms with Crippen molar-refractivity contribution in [3.8, 4) is 0 Å². The zero-order chi connectivity index (χ0) is 18.7. The molecule has 1 aliphatic heterocycles. The topological polar surface area (TPSA) is 97.6 Å². The molecule has 1 aliphatic rings. The number of morpholine rings is 1. The maximum absolute atomic E-state index is 12.9. The highest BCUT2D eigenvalue weighted by Gasteiger charge is 2.38. The number of nitrogens with one attached hydrogen (secondary N) is 1. The average Bonchev–Trinajstić information content (AvgIpc) is 3.05. The molecule has 2 atom stereocenters. The van der Waals surface area contributed by atoms with Gasteiger partial charge in [-0.3, -0.25) is 9.59 Å². The molecule has 1 fully saturated rings. The van der Waals surface area contributed by atoms with Crippen LogP contribution in [0.4, 0.5) is 0 Å². The van der Waals surface area contributed by atoms with Crippen LogP contribution in [0.5, 0.6) is 0 Å². The number of hydrogen-bond acceptors (Lipinski definition) is 6. The third-order valence-electron chi connectivity index (χ3n) is 4.11. The molecule has 26 heavy (non-hydrogen) atoms. The van der Waals surface area contributed by atoms with Gasteiger partial charge in [0.1, 0.15) is 6.61 Å². The molecule has 2 aromatic rings. The number of amides is 2. The predicted octanol–water partition coefficient (Wildman–Crippen LogP) is 1.29. The van der Waals surface area contributed by atoms with Crippen molar-refractivity contribution >= 4 is 23.4 Å². The summed E-state index contributed by atoms with van der Waals surface area (Å²) >= 11 is 6.24. The number of ether oxygens (including phenoxy) is 1. The van der Waals surface area contributed by atoms with Crippen molar-refractivity contribution in [2.24, 2.45) is 0 Å². The first-order chi connectivity index (χ1) is 12.5. The monoisotopic (exact) mass is 378 g/mol. The molecule has 9 heteroatoms. The van der Waals surface area contributed by atoms with E-state index in [1.54, 1.807) is 38.2 Å². The fraction of sp³-hybridized carbons (Fsp3) is 0.412. The summed E-state index contributed by atoms with van der Waals surface area (Å²) in [4.78, 5) is 30.3. The molecule has 0 aliphatic carbocycles. The normalized spacial score (nSPS) is 19.9. The molecule has 2 heterocycles. The largest absolute Gasteiger partial charge is 0.356 e. The van der Waals surface area contributed by atoms with Crippen LogP contribution in [0.1, 0.15) is 23.3 Å². The van der Waals surface area contributed by atoms with Gasteiger partial charge in [0.25, 0.3) is 5.91 Å². The first-order valence-corrected chi connectivity index (χ1v) is 8.53. The predicted molar refractivity (Wildman–Crippen MR) is 92.5 cm³/mol. The quantitative estimate of drug-likeness (QED) is 0.841. The molecule has 3 rings (SSSR count). The van der Waals surface area contributed by atoms with Crippen molar-refractivity contribution in [2.45, 2.75) is 25.5 Å². The number of aryl methyl sites for hydroxylation is 1. The van der Waals surface area contributed by atoms with Crippen LogP contribution in [-0.4, -0.2) is 53.2 Å². The Morgan fingerprint density at radius 3 is 2.88 bits per heavy atom. The highest BCUT2D eigenvalue weighted by Crippen LogP contribution is 2.29. The van der Waals surface area contributed by atoms with E-state index in [1.165, 1.54) is 4.90 Å². The Labute approximate surface area is 155 Å². The van der Waals surface area contributed by atoms with Crippen LogP contribution >= 0.6 is 11.6 Å². The fourth-order valence-electron chi connectivity index (χ4n) is 2.77. The first kappa shape index (κ1) is 18.3. The van der Waals surface area contributed by atoms with Gasteiger partial charge in [-0.05, 0) is 11.6 Å². The number of halogens is 1. The van der Waals surface area contributed by atoms with Gasteiger partial charge in [0.2, 0.25) is 11.8 Å². The first-order valence-electron chi connectivity index (χ1n) is 8.15. The minimum atomic E-state index is -0.857. The molecule has 2 unspecified atom stereocenters. The zero-order valence-corrected chi connectivity index (χ0v) is 15.2. The number of aromatic nitrogens is 2. The van der Waals surface area contributed by atoms with Crippen LogP contribution in [0.25, 0.3) is 0 Å². The van der Waals surface area contributed by atoms with Crippen LogP contribution < -0.4 is 5.32 Å². The van der Waals surface area contributed by atoms with Crippen molar-refractivity contribution in [1.29, 1.82) is 0 Å². The molecule has 1 aromatic carbocycles. The molecule has 0 bridgehead atoms. The lowest BCUT2D eigenvalue weighted by Gasteiger charge is -2.34. The van der Waals surface area contributed by atoms with Crippen molar-refractivity contribution in [3.05, 3.63) is 46.6 Å². The van der Waals surface area contributed by atoms with Gasteiger partial charge in [-0.25, -0.2) is 0 Å². The van der Waals surface area contributed by atoms with Gasteiger partial charge in [-0.15, -0.1) is 0 Å². The van der Waals surface area contributed by atoms with Gasteiger partial charge >= 0.3 is 0 Å². The second-order valence-corrected chi connectivity index (χ2v) is 6.44. The second kappa shape index (κ2) is 7.84. The molecule has 2 amide bonds. The number of hydrogen-bond donors (Lipinski definition) is 1. The molecular formula is C17H19ClN4O4. The highest BCUT2D eigenvalue weighted by molar-refractivity contribution is 6.31. The Balaban J connectivity index is 1.72. The third kappa shape index (κ3) is 4.03. The number of rotatable bonds is 5. The summed E-state index contributed by atoms with van der Waals surface area (Å²) in [5, 5.41) is 7.08. The van der Waals surface area contributed by atoms with E-state index >= 15 is 0 Å². The Kier molecular flexibility index (Phi) is 5.53. The summed E-state index contributed by atoms with van der Waals surface area (Å²) in [6.45, 7) is 1.92. The van der Waals surface area contributed by atoms with Gasteiger partial charge in [0, 0.05) is 32.0 Å². The standard InChI is InChI=1S/C17H19ClN4O4/c1-10-19-13(21-26-10)7-8-22(2)17(24)16-15(20-14(23)9-25-16)11-5-3-4-6-12(11)18/h3-6,15-16H,7-9H2,1-2H3,(H,20,23). The minimum Gasteiger partial charge on any atom is -0.356 e. The zero-order valence-electron chi connectivity index (χ0n) is 14.4.